The molecule has 0 saturated heterocycles. The van der Waals surface area contributed by atoms with E-state index in [1.165, 1.54) is 0 Å². The highest BCUT2D eigenvalue weighted by atomic mass is 79.9. The van der Waals surface area contributed by atoms with Crippen molar-refractivity contribution in [1.82, 2.24) is 14.5 Å². The lowest BCUT2D eigenvalue weighted by Gasteiger charge is -2.15. The Morgan fingerprint density at radius 2 is 1.74 bits per heavy atom. The third-order valence-corrected chi connectivity index (χ3v) is 5.38. The molecule has 1 N–H and O–H groups in total. The molecule has 0 spiro atoms. The summed E-state index contributed by atoms with van der Waals surface area (Å²) in [5, 5.41) is 1.65. The van der Waals surface area contributed by atoms with Crippen molar-refractivity contribution in [3.63, 3.8) is 0 Å². The number of aromatic amines is 1. The minimum atomic E-state index is -0.0822. The van der Waals surface area contributed by atoms with Crippen LogP contribution < -0.4 is 5.56 Å². The van der Waals surface area contributed by atoms with Gasteiger partial charge in [-0.05, 0) is 42.5 Å². The summed E-state index contributed by atoms with van der Waals surface area (Å²) >= 11 is 3.60. The minimum Gasteiger partial charge on any atom is -0.361 e. The second kappa shape index (κ2) is 6.21. The highest BCUT2D eigenvalue weighted by Crippen LogP contribution is 2.29. The van der Waals surface area contributed by atoms with Crippen LogP contribution in [-0.4, -0.2) is 14.5 Å². The fourth-order valence-corrected chi connectivity index (χ4v) is 3.84. The molecule has 0 aliphatic carbocycles. The van der Waals surface area contributed by atoms with Gasteiger partial charge in [0.15, 0.2) is 0 Å². The first kappa shape index (κ1) is 16.0. The number of benzene rings is 3. The van der Waals surface area contributed by atoms with Crippen LogP contribution in [0.3, 0.4) is 0 Å². The van der Waals surface area contributed by atoms with Gasteiger partial charge in [-0.15, -0.1) is 0 Å². The van der Waals surface area contributed by atoms with E-state index >= 15 is 0 Å². The predicted molar refractivity (Wildman–Crippen MR) is 112 cm³/mol. The van der Waals surface area contributed by atoms with E-state index in [1.807, 2.05) is 79.0 Å². The van der Waals surface area contributed by atoms with E-state index in [-0.39, 0.29) is 5.56 Å². The van der Waals surface area contributed by atoms with E-state index in [2.05, 4.69) is 20.9 Å². The van der Waals surface area contributed by atoms with Gasteiger partial charge in [-0.3, -0.25) is 9.36 Å². The summed E-state index contributed by atoms with van der Waals surface area (Å²) in [6.07, 6.45) is 1.89. The monoisotopic (exact) mass is 415 g/mol. The van der Waals surface area contributed by atoms with E-state index < -0.39 is 0 Å². The van der Waals surface area contributed by atoms with Gasteiger partial charge >= 0.3 is 0 Å². The minimum absolute atomic E-state index is 0.0822. The van der Waals surface area contributed by atoms with Crippen molar-refractivity contribution in [2.24, 2.45) is 0 Å². The van der Waals surface area contributed by atoms with Gasteiger partial charge in [0.1, 0.15) is 5.82 Å². The first-order valence-electron chi connectivity index (χ1n) is 8.56. The molecular formula is C22H14BrN3O. The predicted octanol–water partition coefficient (Wildman–Crippen LogP) is 5.30. The summed E-state index contributed by atoms with van der Waals surface area (Å²) < 4.78 is 2.58. The normalized spacial score (nSPS) is 11.3. The first-order valence-corrected chi connectivity index (χ1v) is 9.36. The van der Waals surface area contributed by atoms with E-state index in [0.717, 1.165) is 26.6 Å². The lowest BCUT2D eigenvalue weighted by atomic mass is 10.1. The number of hydrogen-bond acceptors (Lipinski definition) is 2. The van der Waals surface area contributed by atoms with Gasteiger partial charge in [0, 0.05) is 27.1 Å². The molecule has 0 amide bonds. The van der Waals surface area contributed by atoms with Gasteiger partial charge < -0.3 is 4.98 Å². The second-order valence-corrected chi connectivity index (χ2v) is 7.18. The molecule has 0 aliphatic heterocycles. The van der Waals surface area contributed by atoms with Crippen molar-refractivity contribution in [1.29, 1.82) is 0 Å². The molecule has 3 aromatic carbocycles. The number of aromatic nitrogens is 3. The Labute approximate surface area is 163 Å². The van der Waals surface area contributed by atoms with E-state index in [4.69, 9.17) is 4.98 Å². The second-order valence-electron chi connectivity index (χ2n) is 6.32. The van der Waals surface area contributed by atoms with Crippen LogP contribution in [0.5, 0.6) is 0 Å². The molecule has 0 atom stereocenters. The molecule has 0 saturated carbocycles. The Hall–Kier alpha value is -3.18. The van der Waals surface area contributed by atoms with E-state index in [1.54, 1.807) is 4.57 Å². The van der Waals surface area contributed by atoms with Crippen LogP contribution in [-0.2, 0) is 0 Å². The molecule has 27 heavy (non-hydrogen) atoms. The van der Waals surface area contributed by atoms with E-state index in [0.29, 0.717) is 16.7 Å². The summed E-state index contributed by atoms with van der Waals surface area (Å²) in [4.78, 5) is 21.4. The van der Waals surface area contributed by atoms with Crippen molar-refractivity contribution < 1.29 is 0 Å². The third-order valence-electron chi connectivity index (χ3n) is 4.69. The number of halogens is 1. The van der Waals surface area contributed by atoms with Crippen molar-refractivity contribution >= 4 is 37.7 Å². The summed E-state index contributed by atoms with van der Waals surface area (Å²) in [6.45, 7) is 0. The standard InChI is InChI=1S/C22H14BrN3O/c23-18-7-3-1-5-16(18)21-25-20-8-4-2-6-17(20)22(27)26(21)15-9-10-19-14(13-15)11-12-24-19/h1-13,24H. The zero-order valence-corrected chi connectivity index (χ0v) is 15.8. The lowest BCUT2D eigenvalue weighted by molar-refractivity contribution is 0.977. The number of fused-ring (bicyclic) bond motifs is 2. The molecule has 2 heterocycles. The van der Waals surface area contributed by atoms with E-state index in [9.17, 15) is 4.79 Å². The highest BCUT2D eigenvalue weighted by Gasteiger charge is 2.16. The van der Waals surface area contributed by atoms with Crippen molar-refractivity contribution in [3.8, 4) is 17.1 Å². The summed E-state index contributed by atoms with van der Waals surface area (Å²) in [7, 11) is 0. The lowest BCUT2D eigenvalue weighted by Crippen LogP contribution is -2.22. The van der Waals surface area contributed by atoms with Crippen LogP contribution in [0.1, 0.15) is 0 Å². The van der Waals surface area contributed by atoms with Crippen LogP contribution >= 0.6 is 15.9 Å². The molecule has 5 heteroatoms. The zero-order valence-electron chi connectivity index (χ0n) is 14.2. The molecule has 4 nitrogen and oxygen atoms in total. The molecule has 0 fully saturated rings. The Balaban J connectivity index is 1.91. The largest absolute Gasteiger partial charge is 0.361 e. The van der Waals surface area contributed by atoms with Gasteiger partial charge in [-0.25, -0.2) is 4.98 Å². The van der Waals surface area contributed by atoms with Crippen LogP contribution in [0.15, 0.2) is 88.3 Å². The highest BCUT2D eigenvalue weighted by molar-refractivity contribution is 9.10. The molecule has 5 rings (SSSR count). The van der Waals surface area contributed by atoms with Crippen LogP contribution in [0, 0.1) is 0 Å². The number of hydrogen-bond donors (Lipinski definition) is 1. The number of H-pyrrole nitrogens is 1. The fraction of sp³-hybridized carbons (Fsp3) is 0. The number of nitrogens with zero attached hydrogens (tertiary/aromatic N) is 2. The quantitative estimate of drug-likeness (QED) is 0.425. The smallest absolute Gasteiger partial charge is 0.266 e. The summed E-state index contributed by atoms with van der Waals surface area (Å²) in [5.74, 6) is 0.612. The average Bonchev–Trinajstić information content (AvgIpc) is 3.16. The Kier molecular flexibility index (Phi) is 3.69. The van der Waals surface area contributed by atoms with Gasteiger partial charge in [-0.1, -0.05) is 46.3 Å². The average molecular weight is 416 g/mol. The molecule has 2 aromatic heterocycles. The maximum atomic E-state index is 13.4. The zero-order chi connectivity index (χ0) is 18.4. The van der Waals surface area contributed by atoms with Crippen LogP contribution in [0.25, 0.3) is 38.9 Å². The van der Waals surface area contributed by atoms with Crippen molar-refractivity contribution in [3.05, 3.63) is 93.8 Å². The van der Waals surface area contributed by atoms with Gasteiger partial charge in [0.25, 0.3) is 5.56 Å². The Morgan fingerprint density at radius 3 is 2.63 bits per heavy atom. The fourth-order valence-electron chi connectivity index (χ4n) is 3.38. The van der Waals surface area contributed by atoms with Gasteiger partial charge in [-0.2, -0.15) is 0 Å². The number of rotatable bonds is 2. The molecule has 0 bridgehead atoms. The molecule has 130 valence electrons. The summed E-state index contributed by atoms with van der Waals surface area (Å²) in [5.41, 5.74) is 3.29. The van der Waals surface area contributed by atoms with Crippen LogP contribution in [0.2, 0.25) is 0 Å². The maximum absolute atomic E-state index is 13.4. The Bertz CT molecular complexity index is 1370. The maximum Gasteiger partial charge on any atom is 0.266 e. The van der Waals surface area contributed by atoms with Crippen molar-refractivity contribution in [2.75, 3.05) is 0 Å². The van der Waals surface area contributed by atoms with Crippen LogP contribution in [0.4, 0.5) is 0 Å². The SMILES string of the molecule is O=c1c2ccccc2nc(-c2ccccc2Br)n1-c1ccc2[nH]ccc2c1. The number of nitrogens with one attached hydrogen (secondary N) is 1. The summed E-state index contributed by atoms with van der Waals surface area (Å²) in [6, 6.07) is 23.2. The molecule has 0 unspecified atom stereocenters. The van der Waals surface area contributed by atoms with Gasteiger partial charge in [0.05, 0.1) is 16.6 Å². The Morgan fingerprint density at radius 1 is 0.926 bits per heavy atom. The molecule has 0 aliphatic rings. The molecule has 5 aromatic rings. The van der Waals surface area contributed by atoms with Crippen molar-refractivity contribution in [2.45, 2.75) is 0 Å². The van der Waals surface area contributed by atoms with Gasteiger partial charge in [0.2, 0.25) is 0 Å². The molecule has 0 radical (unpaired) electrons. The first-order chi connectivity index (χ1) is 13.2. The molecular weight excluding hydrogens is 402 g/mol. The topological polar surface area (TPSA) is 50.7 Å². The number of para-hydroxylation sites is 1. The third kappa shape index (κ3) is 2.59.